The summed E-state index contributed by atoms with van der Waals surface area (Å²) >= 11 is 6.81. The molecular formula is C20H17ClN2O4. The molecule has 2 aliphatic rings. The first-order chi connectivity index (χ1) is 12.9. The fraction of sp³-hybridized carbons (Fsp3) is 0.250. The minimum absolute atomic E-state index is 0.517. The van der Waals surface area contributed by atoms with Crippen LogP contribution in [0.2, 0.25) is 0 Å². The van der Waals surface area contributed by atoms with Crippen LogP contribution in [0.3, 0.4) is 0 Å². The van der Waals surface area contributed by atoms with Gasteiger partial charge in [0.15, 0.2) is 5.41 Å². The first-order valence-corrected chi connectivity index (χ1v) is 8.81. The number of ether oxygens (including phenoxy) is 1. The van der Waals surface area contributed by atoms with Gasteiger partial charge in [-0.25, -0.2) is 4.79 Å². The van der Waals surface area contributed by atoms with Crippen molar-refractivity contribution in [2.24, 2.45) is 5.41 Å². The van der Waals surface area contributed by atoms with Crippen molar-refractivity contribution >= 4 is 40.8 Å². The van der Waals surface area contributed by atoms with Gasteiger partial charge in [0.2, 0.25) is 16.7 Å². The van der Waals surface area contributed by atoms with E-state index in [2.05, 4.69) is 0 Å². The average molecular weight is 385 g/mol. The Morgan fingerprint density at radius 1 is 0.926 bits per heavy atom. The molecule has 2 amide bonds. The molecule has 2 heterocycles. The van der Waals surface area contributed by atoms with Gasteiger partial charge in [0.25, 0.3) is 0 Å². The number of methoxy groups -OCH3 is 1. The number of para-hydroxylation sites is 2. The van der Waals surface area contributed by atoms with Gasteiger partial charge >= 0.3 is 5.97 Å². The Balaban J connectivity index is 1.98. The largest absolute Gasteiger partial charge is 0.468 e. The molecular weight excluding hydrogens is 368 g/mol. The van der Waals surface area contributed by atoms with Gasteiger partial charge < -0.3 is 4.74 Å². The van der Waals surface area contributed by atoms with E-state index in [9.17, 15) is 14.4 Å². The van der Waals surface area contributed by atoms with Crippen molar-refractivity contribution in [3.8, 4) is 0 Å². The molecule has 6 nitrogen and oxygen atoms in total. The van der Waals surface area contributed by atoms with Crippen LogP contribution < -0.4 is 9.80 Å². The molecule has 2 aromatic carbocycles. The summed E-state index contributed by atoms with van der Waals surface area (Å²) in [7, 11) is 1.20. The molecule has 4 rings (SSSR count). The highest BCUT2D eigenvalue weighted by atomic mass is 35.5. The van der Waals surface area contributed by atoms with E-state index in [0.717, 1.165) is 0 Å². The van der Waals surface area contributed by atoms with Crippen LogP contribution in [0.1, 0.15) is 6.92 Å². The SMILES string of the molecule is COC(=O)C1(Cl)C2N(c3ccccc3)C(=O)C1(C)C(=O)N2c1ccccc1. The van der Waals surface area contributed by atoms with Crippen LogP contribution >= 0.6 is 11.6 Å². The Morgan fingerprint density at radius 3 is 1.70 bits per heavy atom. The Morgan fingerprint density at radius 2 is 1.33 bits per heavy atom. The zero-order chi connectivity index (χ0) is 19.4. The highest BCUT2D eigenvalue weighted by molar-refractivity contribution is 6.46. The molecule has 2 aliphatic heterocycles. The zero-order valence-electron chi connectivity index (χ0n) is 14.8. The number of benzene rings is 2. The number of esters is 1. The van der Waals surface area contributed by atoms with E-state index in [1.54, 1.807) is 48.5 Å². The van der Waals surface area contributed by atoms with Gasteiger partial charge in [0, 0.05) is 11.4 Å². The van der Waals surface area contributed by atoms with E-state index < -0.39 is 34.2 Å². The predicted molar refractivity (Wildman–Crippen MR) is 100 cm³/mol. The monoisotopic (exact) mass is 384 g/mol. The molecule has 0 aromatic heterocycles. The fourth-order valence-corrected chi connectivity index (χ4v) is 4.42. The maximum Gasteiger partial charge on any atom is 0.332 e. The number of amides is 2. The number of carbonyl (C=O) groups excluding carboxylic acids is 3. The minimum Gasteiger partial charge on any atom is -0.468 e. The first-order valence-electron chi connectivity index (χ1n) is 8.43. The molecule has 1 unspecified atom stereocenters. The van der Waals surface area contributed by atoms with Crippen molar-refractivity contribution in [2.45, 2.75) is 18.0 Å². The number of fused-ring (bicyclic) bond motifs is 2. The van der Waals surface area contributed by atoms with Crippen molar-refractivity contribution in [3.05, 3.63) is 60.7 Å². The van der Waals surface area contributed by atoms with Crippen LogP contribution in [0.15, 0.2) is 60.7 Å². The average Bonchev–Trinajstić information content (AvgIpc) is 2.99. The molecule has 0 aliphatic carbocycles. The van der Waals surface area contributed by atoms with Crippen LogP contribution in [0.5, 0.6) is 0 Å². The van der Waals surface area contributed by atoms with Crippen LogP contribution in [0.25, 0.3) is 0 Å². The number of alkyl halides is 1. The summed E-state index contributed by atoms with van der Waals surface area (Å²) in [5.74, 6) is -1.84. The minimum atomic E-state index is -1.87. The van der Waals surface area contributed by atoms with Gasteiger partial charge in [-0.05, 0) is 31.2 Å². The van der Waals surface area contributed by atoms with E-state index in [1.165, 1.54) is 23.8 Å². The van der Waals surface area contributed by atoms with E-state index in [-0.39, 0.29) is 0 Å². The molecule has 2 fully saturated rings. The maximum atomic E-state index is 13.3. The van der Waals surface area contributed by atoms with Gasteiger partial charge in [0.05, 0.1) is 7.11 Å². The lowest BCUT2D eigenvalue weighted by Crippen LogP contribution is -2.56. The highest BCUT2D eigenvalue weighted by Crippen LogP contribution is 2.59. The molecule has 0 radical (unpaired) electrons. The second kappa shape index (κ2) is 5.82. The number of carbonyl (C=O) groups is 3. The van der Waals surface area contributed by atoms with Crippen LogP contribution in [-0.2, 0) is 19.1 Å². The number of rotatable bonds is 3. The Bertz CT molecular complexity index is 874. The molecule has 7 heteroatoms. The number of nitrogens with zero attached hydrogens (tertiary/aromatic N) is 2. The van der Waals surface area contributed by atoms with Crippen molar-refractivity contribution in [3.63, 3.8) is 0 Å². The van der Waals surface area contributed by atoms with Crippen molar-refractivity contribution < 1.29 is 19.1 Å². The Kier molecular flexibility index (Phi) is 3.78. The Labute approximate surface area is 161 Å². The lowest BCUT2D eigenvalue weighted by atomic mass is 9.79. The van der Waals surface area contributed by atoms with Gasteiger partial charge in [-0.1, -0.05) is 36.4 Å². The fourth-order valence-electron chi connectivity index (χ4n) is 3.99. The van der Waals surface area contributed by atoms with E-state index in [4.69, 9.17) is 16.3 Å². The van der Waals surface area contributed by atoms with Gasteiger partial charge in [-0.3, -0.25) is 19.4 Å². The molecule has 2 saturated heterocycles. The van der Waals surface area contributed by atoms with E-state index in [1.807, 2.05) is 12.1 Å². The predicted octanol–water partition coefficient (Wildman–Crippen LogP) is 2.56. The molecule has 1 atom stereocenters. The quantitative estimate of drug-likeness (QED) is 0.463. The smallest absolute Gasteiger partial charge is 0.332 e. The molecule has 27 heavy (non-hydrogen) atoms. The van der Waals surface area contributed by atoms with Crippen LogP contribution in [0.4, 0.5) is 11.4 Å². The number of hydrogen-bond donors (Lipinski definition) is 0. The standard InChI is InChI=1S/C20H17ClN2O4/c1-19-16(24)22(13-9-5-3-6-10-13)15(20(19,21)18(26)27-2)23(17(19)25)14-11-7-4-8-12-14/h3-12,15H,1-2H3. The second-order valence-corrected chi connectivity index (χ2v) is 7.32. The zero-order valence-corrected chi connectivity index (χ0v) is 15.5. The molecule has 2 aromatic rings. The summed E-state index contributed by atoms with van der Waals surface area (Å²) in [5.41, 5.74) is -0.671. The summed E-state index contributed by atoms with van der Waals surface area (Å²) in [6.45, 7) is 1.42. The first kappa shape index (κ1) is 17.5. The topological polar surface area (TPSA) is 66.9 Å². The summed E-state index contributed by atoms with van der Waals surface area (Å²) in [5, 5.41) is 0. The summed E-state index contributed by atoms with van der Waals surface area (Å²) in [6, 6.07) is 17.7. The number of hydrogen-bond acceptors (Lipinski definition) is 4. The summed E-state index contributed by atoms with van der Waals surface area (Å²) in [6.07, 6.45) is -1.04. The molecule has 0 spiro atoms. The summed E-state index contributed by atoms with van der Waals surface area (Å²) in [4.78, 5) is 40.3. The van der Waals surface area contributed by atoms with Crippen molar-refractivity contribution in [2.75, 3.05) is 16.9 Å². The van der Waals surface area contributed by atoms with Crippen LogP contribution in [0, 0.1) is 5.41 Å². The molecule has 2 bridgehead atoms. The van der Waals surface area contributed by atoms with Gasteiger partial charge in [0.1, 0.15) is 6.17 Å². The third-order valence-corrected chi connectivity index (χ3v) is 6.14. The van der Waals surface area contributed by atoms with E-state index >= 15 is 0 Å². The third-order valence-electron chi connectivity index (χ3n) is 5.42. The van der Waals surface area contributed by atoms with Gasteiger partial charge in [-0.15, -0.1) is 11.6 Å². The highest BCUT2D eigenvalue weighted by Gasteiger charge is 2.82. The number of anilines is 2. The molecule has 0 saturated carbocycles. The van der Waals surface area contributed by atoms with Gasteiger partial charge in [-0.2, -0.15) is 0 Å². The lowest BCUT2D eigenvalue weighted by Gasteiger charge is -2.37. The molecule has 138 valence electrons. The maximum absolute atomic E-state index is 13.3. The molecule has 0 N–H and O–H groups in total. The Hall–Kier alpha value is -2.86. The lowest BCUT2D eigenvalue weighted by molar-refractivity contribution is -0.151. The van der Waals surface area contributed by atoms with Crippen LogP contribution in [-0.4, -0.2) is 35.9 Å². The van der Waals surface area contributed by atoms with E-state index in [0.29, 0.717) is 11.4 Å². The third kappa shape index (κ3) is 1.99. The van der Waals surface area contributed by atoms with Crippen molar-refractivity contribution in [1.82, 2.24) is 0 Å². The number of halogens is 1. The van der Waals surface area contributed by atoms with Crippen molar-refractivity contribution in [1.29, 1.82) is 0 Å². The normalized spacial score (nSPS) is 29.4. The second-order valence-electron chi connectivity index (χ2n) is 6.72. The summed E-state index contributed by atoms with van der Waals surface area (Å²) < 4.78 is 4.92.